The van der Waals surface area contributed by atoms with E-state index in [-0.39, 0.29) is 5.91 Å². The topological polar surface area (TPSA) is 169 Å². The Morgan fingerprint density at radius 1 is 0.597 bits per heavy atom. The average Bonchev–Trinajstić information content (AvgIpc) is 3.30. The highest BCUT2D eigenvalue weighted by Gasteiger charge is 2.14. The highest BCUT2D eigenvalue weighted by molar-refractivity contribution is 5.99. The number of nitrogens with zero attached hydrogens (tertiary/aromatic N) is 6. The van der Waals surface area contributed by atoms with E-state index in [0.717, 1.165) is 78.2 Å². The van der Waals surface area contributed by atoms with E-state index in [2.05, 4.69) is 41.8 Å². The van der Waals surface area contributed by atoms with Gasteiger partial charge in [-0.25, -0.2) is 29.9 Å². The first-order chi connectivity index (χ1) is 30.1. The molecule has 0 aliphatic carbocycles. The van der Waals surface area contributed by atoms with Gasteiger partial charge in [-0.2, -0.15) is 0 Å². The van der Waals surface area contributed by atoms with Crippen molar-refractivity contribution < 1.29 is 23.7 Å². The zero-order valence-electron chi connectivity index (χ0n) is 35.4. The smallest absolute Gasteiger partial charge is 0.247 e. The fourth-order valence-electron chi connectivity index (χ4n) is 6.87. The van der Waals surface area contributed by atoms with Gasteiger partial charge in [-0.05, 0) is 102 Å². The molecule has 0 spiro atoms. The molecule has 13 nitrogen and oxygen atoms in total. The number of amides is 1. The summed E-state index contributed by atoms with van der Waals surface area (Å²) in [7, 11) is 6.51. The van der Waals surface area contributed by atoms with Gasteiger partial charge in [0.05, 0.1) is 28.4 Å². The van der Waals surface area contributed by atoms with Crippen molar-refractivity contribution in [1.29, 1.82) is 0 Å². The number of ether oxygens (including phenoxy) is 4. The summed E-state index contributed by atoms with van der Waals surface area (Å²) in [5.41, 5.74) is 16.7. The Bertz CT molecular complexity index is 2870. The third kappa shape index (κ3) is 9.74. The lowest BCUT2D eigenvalue weighted by molar-refractivity contribution is -0.111. The summed E-state index contributed by atoms with van der Waals surface area (Å²) < 4.78 is 21.5. The van der Waals surface area contributed by atoms with E-state index in [1.54, 1.807) is 53.2 Å². The van der Waals surface area contributed by atoms with Crippen LogP contribution in [0.4, 0.5) is 11.4 Å². The third-order valence-electron chi connectivity index (χ3n) is 10.3. The molecule has 62 heavy (non-hydrogen) atoms. The van der Waals surface area contributed by atoms with E-state index in [1.807, 2.05) is 98.8 Å². The van der Waals surface area contributed by atoms with Crippen LogP contribution in [-0.4, -0.2) is 64.3 Å². The number of aryl methyl sites for hydroxylation is 2. The van der Waals surface area contributed by atoms with Crippen LogP contribution in [0.25, 0.3) is 44.3 Å². The number of nitrogens with two attached hydrogens (primary N) is 1. The molecule has 4 heterocycles. The van der Waals surface area contributed by atoms with E-state index >= 15 is 0 Å². The molecule has 0 unspecified atom stereocenters. The van der Waals surface area contributed by atoms with Crippen LogP contribution in [0.3, 0.4) is 0 Å². The Morgan fingerprint density at radius 3 is 1.50 bits per heavy atom. The van der Waals surface area contributed by atoms with Crippen LogP contribution in [0.2, 0.25) is 0 Å². The van der Waals surface area contributed by atoms with Crippen LogP contribution in [0.5, 0.6) is 23.0 Å². The maximum atomic E-state index is 11.8. The van der Waals surface area contributed by atoms with Crippen LogP contribution in [0.1, 0.15) is 33.9 Å². The highest BCUT2D eigenvalue weighted by Crippen LogP contribution is 2.32. The zero-order valence-corrected chi connectivity index (χ0v) is 35.4. The van der Waals surface area contributed by atoms with Crippen molar-refractivity contribution in [3.05, 3.63) is 156 Å². The van der Waals surface area contributed by atoms with Gasteiger partial charge in [0.1, 0.15) is 34.6 Å². The number of pyridine rings is 2. The van der Waals surface area contributed by atoms with Crippen molar-refractivity contribution in [3.63, 3.8) is 0 Å². The highest BCUT2D eigenvalue weighted by atomic mass is 16.5. The maximum Gasteiger partial charge on any atom is 0.247 e. The molecule has 0 aliphatic rings. The number of methoxy groups -OCH3 is 4. The minimum absolute atomic E-state index is 0.260. The number of rotatable bonds is 12. The largest absolute Gasteiger partial charge is 0.497 e. The van der Waals surface area contributed by atoms with Gasteiger partial charge < -0.3 is 30.0 Å². The second-order valence-corrected chi connectivity index (χ2v) is 14.3. The second kappa shape index (κ2) is 19.0. The molecular formula is C49H46N8O5. The van der Waals surface area contributed by atoms with Gasteiger partial charge in [0.2, 0.25) is 5.91 Å². The number of benzene rings is 4. The number of anilines is 2. The number of nitrogens with one attached hydrogen (secondary N) is 1. The predicted octanol–water partition coefficient (Wildman–Crippen LogP) is 8.92. The normalized spacial score (nSPS) is 10.7. The lowest BCUT2D eigenvalue weighted by Crippen LogP contribution is -2.11. The van der Waals surface area contributed by atoms with Crippen molar-refractivity contribution in [2.45, 2.75) is 26.7 Å². The molecule has 4 aromatic carbocycles. The quantitative estimate of drug-likeness (QED) is 0.0887. The van der Waals surface area contributed by atoms with Crippen molar-refractivity contribution in [3.8, 4) is 45.3 Å². The lowest BCUT2D eigenvalue weighted by Gasteiger charge is -2.13. The molecule has 8 rings (SSSR count). The minimum atomic E-state index is -0.260. The molecule has 0 atom stereocenters. The van der Waals surface area contributed by atoms with E-state index in [4.69, 9.17) is 24.7 Å². The van der Waals surface area contributed by atoms with E-state index in [9.17, 15) is 4.79 Å². The Morgan fingerprint density at radius 2 is 1.05 bits per heavy atom. The first-order valence-electron chi connectivity index (χ1n) is 19.6. The number of aromatic nitrogens is 6. The first kappa shape index (κ1) is 42.2. The van der Waals surface area contributed by atoms with Crippen molar-refractivity contribution in [2.75, 3.05) is 39.5 Å². The lowest BCUT2D eigenvalue weighted by atomic mass is 10.0. The van der Waals surface area contributed by atoms with Crippen molar-refractivity contribution in [1.82, 2.24) is 29.9 Å². The molecule has 0 saturated carbocycles. The molecule has 13 heteroatoms. The standard InChI is InChI=1S/C26H24N4O3.C23H22N4O2/c1-5-25(31)29-23-8-6-7-16(2)22(23)13-24-27-15-19-9-18(14-28-26(19)30-24)17-10-20(32-3)12-21(11-17)33-4;1-14-5-4-6-21(24)20(14)11-22-25-13-17-7-16(12-26-23(17)27-22)15-8-18(28-2)10-19(9-15)29-3/h5-12,14-15H,1,13H2,2-4H3,(H,29,31);4-10,12-13H,11,24H2,1-3H3. The summed E-state index contributed by atoms with van der Waals surface area (Å²) in [6.07, 6.45) is 9.44. The summed E-state index contributed by atoms with van der Waals surface area (Å²) in [5.74, 6) is 3.91. The monoisotopic (exact) mass is 826 g/mol. The molecule has 0 saturated heterocycles. The SMILES string of the molecule is C=CC(=O)Nc1cccc(C)c1Cc1ncc2cc(-c3cc(OC)cc(OC)c3)cnc2n1.COc1cc(OC)cc(-c2cnc3nc(Cc4c(C)cccc4N)ncc3c2)c1. The summed E-state index contributed by atoms with van der Waals surface area (Å²) in [5, 5.41) is 4.54. The van der Waals surface area contributed by atoms with Gasteiger partial charge in [0, 0.05) is 83.0 Å². The number of hydrogen-bond acceptors (Lipinski definition) is 12. The number of hydrogen-bond donors (Lipinski definition) is 2. The average molecular weight is 827 g/mol. The van der Waals surface area contributed by atoms with Crippen LogP contribution in [0, 0.1) is 13.8 Å². The van der Waals surface area contributed by atoms with Crippen LogP contribution < -0.4 is 30.0 Å². The predicted molar refractivity (Wildman–Crippen MR) is 243 cm³/mol. The number of carbonyl (C=O) groups is 1. The second-order valence-electron chi connectivity index (χ2n) is 14.3. The fraction of sp³-hybridized carbons (Fsp3) is 0.163. The molecule has 8 aromatic rings. The molecular weight excluding hydrogens is 781 g/mol. The maximum absolute atomic E-state index is 11.8. The number of nitrogen functional groups attached to an aromatic ring is 1. The molecule has 0 bridgehead atoms. The molecule has 1 amide bonds. The number of fused-ring (bicyclic) bond motifs is 2. The minimum Gasteiger partial charge on any atom is -0.497 e. The van der Waals surface area contributed by atoms with E-state index < -0.39 is 0 Å². The Balaban J connectivity index is 0.000000188. The Kier molecular flexibility index (Phi) is 12.9. The van der Waals surface area contributed by atoms with Gasteiger partial charge in [0.25, 0.3) is 0 Å². The van der Waals surface area contributed by atoms with Gasteiger partial charge in [-0.15, -0.1) is 0 Å². The summed E-state index contributed by atoms with van der Waals surface area (Å²) >= 11 is 0. The van der Waals surface area contributed by atoms with Gasteiger partial charge in [-0.3, -0.25) is 4.79 Å². The van der Waals surface area contributed by atoms with Crippen LogP contribution >= 0.6 is 0 Å². The number of carbonyl (C=O) groups excluding carboxylic acids is 1. The Hall–Kier alpha value is -7.93. The van der Waals surface area contributed by atoms with Crippen LogP contribution in [0.15, 0.2) is 122 Å². The van der Waals surface area contributed by atoms with Crippen LogP contribution in [-0.2, 0) is 17.6 Å². The van der Waals surface area contributed by atoms with Gasteiger partial charge in [-0.1, -0.05) is 30.8 Å². The molecule has 4 aromatic heterocycles. The molecule has 0 fully saturated rings. The fourth-order valence-corrected chi connectivity index (χ4v) is 6.87. The molecule has 0 aliphatic heterocycles. The van der Waals surface area contributed by atoms with E-state index in [1.165, 1.54) is 6.08 Å². The molecule has 0 radical (unpaired) electrons. The van der Waals surface area contributed by atoms with E-state index in [0.29, 0.717) is 47.3 Å². The third-order valence-corrected chi connectivity index (χ3v) is 10.3. The summed E-state index contributed by atoms with van der Waals surface area (Å²) in [6.45, 7) is 7.55. The summed E-state index contributed by atoms with van der Waals surface area (Å²) in [6, 6.07) is 27.1. The van der Waals surface area contributed by atoms with Gasteiger partial charge in [0.15, 0.2) is 11.3 Å². The van der Waals surface area contributed by atoms with Crippen molar-refractivity contribution in [2.24, 2.45) is 0 Å². The van der Waals surface area contributed by atoms with Gasteiger partial charge >= 0.3 is 0 Å². The molecule has 312 valence electrons. The van der Waals surface area contributed by atoms with Crippen molar-refractivity contribution >= 4 is 39.3 Å². The Labute approximate surface area is 359 Å². The zero-order chi connectivity index (χ0) is 43.8. The summed E-state index contributed by atoms with van der Waals surface area (Å²) in [4.78, 5) is 39.3. The molecule has 3 N–H and O–H groups in total. The first-order valence-corrected chi connectivity index (χ1v) is 19.6.